The van der Waals surface area contributed by atoms with E-state index >= 15 is 0 Å². The largest absolute Gasteiger partial charge is 0.493 e. The van der Waals surface area contributed by atoms with Crippen molar-refractivity contribution in [2.45, 2.75) is 20.4 Å². The quantitative estimate of drug-likeness (QED) is 0.235. The number of aliphatic imine (C=N–C) groups is 1. The third-order valence-corrected chi connectivity index (χ3v) is 4.11. The molecule has 1 aromatic heterocycles. The maximum atomic E-state index is 5.57. The van der Waals surface area contributed by atoms with Crippen molar-refractivity contribution in [2.75, 3.05) is 25.6 Å². The van der Waals surface area contributed by atoms with Crippen molar-refractivity contribution in [1.82, 2.24) is 20.5 Å². The summed E-state index contributed by atoms with van der Waals surface area (Å²) in [5, 5.41) is 13.4. The second-order valence-electron chi connectivity index (χ2n) is 6.15. The van der Waals surface area contributed by atoms with Gasteiger partial charge >= 0.3 is 0 Å². The molecule has 30 heavy (non-hydrogen) atoms. The Morgan fingerprint density at radius 3 is 2.70 bits per heavy atom. The Balaban J connectivity index is 0.00000320. The summed E-state index contributed by atoms with van der Waals surface area (Å²) in [6, 6.07) is 13.8. The minimum Gasteiger partial charge on any atom is -0.493 e. The predicted octanol–water partition coefficient (Wildman–Crippen LogP) is 4.07. The molecule has 0 aliphatic rings. The molecule has 0 saturated heterocycles. The second-order valence-corrected chi connectivity index (χ2v) is 6.15. The molecule has 0 aliphatic heterocycles. The number of hydrogen-bond acceptors (Lipinski definition) is 5. The standard InChI is InChI=1S/C21H26N6O2.HI/c1-4-22-21(26-17-9-10-18(29-5-2)19(12-17)28-3)23-13-15-7-6-8-16(11-15)20-24-14-25-27-20;/h6-12,14H,4-5,13H2,1-3H3,(H2,22,23,26)(H,24,25,27);1H. The summed E-state index contributed by atoms with van der Waals surface area (Å²) >= 11 is 0. The van der Waals surface area contributed by atoms with Crippen LogP contribution in [0.1, 0.15) is 19.4 Å². The summed E-state index contributed by atoms with van der Waals surface area (Å²) in [5.74, 6) is 2.81. The van der Waals surface area contributed by atoms with Gasteiger partial charge in [0.1, 0.15) is 6.33 Å². The molecule has 3 aromatic rings. The van der Waals surface area contributed by atoms with E-state index in [0.717, 1.165) is 29.2 Å². The van der Waals surface area contributed by atoms with E-state index in [9.17, 15) is 0 Å². The third kappa shape index (κ3) is 6.34. The molecule has 8 nitrogen and oxygen atoms in total. The number of ether oxygens (including phenoxy) is 2. The maximum absolute atomic E-state index is 5.57. The lowest BCUT2D eigenvalue weighted by Crippen LogP contribution is -2.30. The van der Waals surface area contributed by atoms with Crippen LogP contribution >= 0.6 is 24.0 Å². The maximum Gasteiger partial charge on any atom is 0.196 e. The van der Waals surface area contributed by atoms with Crippen LogP contribution in [0.5, 0.6) is 11.5 Å². The lowest BCUT2D eigenvalue weighted by atomic mass is 10.1. The van der Waals surface area contributed by atoms with Crippen molar-refractivity contribution in [2.24, 2.45) is 4.99 Å². The van der Waals surface area contributed by atoms with Gasteiger partial charge in [0.2, 0.25) is 0 Å². The molecule has 1 heterocycles. The van der Waals surface area contributed by atoms with Crippen molar-refractivity contribution in [3.05, 3.63) is 54.4 Å². The van der Waals surface area contributed by atoms with Crippen molar-refractivity contribution < 1.29 is 9.47 Å². The zero-order chi connectivity index (χ0) is 20.5. The molecule has 0 spiro atoms. The number of methoxy groups -OCH3 is 1. The molecule has 0 bridgehead atoms. The van der Waals surface area contributed by atoms with Crippen LogP contribution in [0.15, 0.2) is 53.8 Å². The van der Waals surface area contributed by atoms with Crippen LogP contribution in [-0.2, 0) is 6.54 Å². The average Bonchev–Trinajstić information content (AvgIpc) is 3.28. The topological polar surface area (TPSA) is 96.5 Å². The van der Waals surface area contributed by atoms with Crippen molar-refractivity contribution >= 4 is 35.6 Å². The highest BCUT2D eigenvalue weighted by atomic mass is 127. The van der Waals surface area contributed by atoms with E-state index in [1.165, 1.54) is 6.33 Å². The van der Waals surface area contributed by atoms with Gasteiger partial charge in [0.25, 0.3) is 0 Å². The normalized spacial score (nSPS) is 10.8. The Morgan fingerprint density at radius 2 is 2.00 bits per heavy atom. The lowest BCUT2D eigenvalue weighted by molar-refractivity contribution is 0.311. The Labute approximate surface area is 193 Å². The number of nitrogens with zero attached hydrogens (tertiary/aromatic N) is 3. The molecular weight excluding hydrogens is 495 g/mol. The Kier molecular flexibility index (Phi) is 9.39. The second kappa shape index (κ2) is 12.0. The Bertz CT molecular complexity index is 946. The number of benzene rings is 2. The van der Waals surface area contributed by atoms with Crippen LogP contribution in [0, 0.1) is 0 Å². The minimum absolute atomic E-state index is 0. The number of nitrogens with one attached hydrogen (secondary N) is 3. The van der Waals surface area contributed by atoms with Gasteiger partial charge < -0.3 is 20.1 Å². The third-order valence-electron chi connectivity index (χ3n) is 4.11. The van der Waals surface area contributed by atoms with Gasteiger partial charge in [-0.3, -0.25) is 5.10 Å². The van der Waals surface area contributed by atoms with E-state index < -0.39 is 0 Å². The first-order chi connectivity index (χ1) is 14.2. The number of anilines is 1. The molecule has 0 unspecified atom stereocenters. The highest BCUT2D eigenvalue weighted by Gasteiger charge is 2.07. The van der Waals surface area contributed by atoms with Gasteiger partial charge in [0, 0.05) is 23.9 Å². The van der Waals surface area contributed by atoms with Crippen LogP contribution in [-0.4, -0.2) is 41.4 Å². The molecule has 3 rings (SSSR count). The zero-order valence-electron chi connectivity index (χ0n) is 17.3. The minimum atomic E-state index is 0. The summed E-state index contributed by atoms with van der Waals surface area (Å²) in [6.45, 7) is 5.82. The summed E-state index contributed by atoms with van der Waals surface area (Å²) in [4.78, 5) is 8.89. The van der Waals surface area contributed by atoms with Crippen molar-refractivity contribution in [3.63, 3.8) is 0 Å². The first kappa shape index (κ1) is 23.5. The van der Waals surface area contributed by atoms with E-state index in [1.807, 2.05) is 56.3 Å². The molecular formula is C21H27IN6O2. The SMILES string of the molecule is CCNC(=NCc1cccc(-c2ncn[nH]2)c1)Nc1ccc(OCC)c(OC)c1.I. The molecule has 0 fully saturated rings. The Hall–Kier alpha value is -2.82. The number of aromatic nitrogens is 3. The fraction of sp³-hybridized carbons (Fsp3) is 0.286. The van der Waals surface area contributed by atoms with E-state index in [2.05, 4.69) is 25.8 Å². The number of aromatic amines is 1. The van der Waals surface area contributed by atoms with Gasteiger partial charge in [-0.2, -0.15) is 5.10 Å². The van der Waals surface area contributed by atoms with Gasteiger partial charge in [-0.15, -0.1) is 24.0 Å². The molecule has 0 radical (unpaired) electrons. The first-order valence-electron chi connectivity index (χ1n) is 9.54. The van der Waals surface area contributed by atoms with E-state index in [1.54, 1.807) is 7.11 Å². The van der Waals surface area contributed by atoms with E-state index in [4.69, 9.17) is 14.5 Å². The fourth-order valence-electron chi connectivity index (χ4n) is 2.80. The highest BCUT2D eigenvalue weighted by Crippen LogP contribution is 2.30. The molecule has 0 saturated carbocycles. The first-order valence-corrected chi connectivity index (χ1v) is 9.54. The monoisotopic (exact) mass is 522 g/mol. The molecule has 9 heteroatoms. The van der Waals surface area contributed by atoms with E-state index in [-0.39, 0.29) is 24.0 Å². The molecule has 2 aromatic carbocycles. The van der Waals surface area contributed by atoms with Crippen LogP contribution in [0.3, 0.4) is 0 Å². The number of halogens is 1. The number of H-pyrrole nitrogens is 1. The summed E-state index contributed by atoms with van der Waals surface area (Å²) in [5.41, 5.74) is 2.91. The summed E-state index contributed by atoms with van der Waals surface area (Å²) in [7, 11) is 1.63. The van der Waals surface area contributed by atoms with Gasteiger partial charge in [-0.25, -0.2) is 9.98 Å². The van der Waals surface area contributed by atoms with E-state index in [0.29, 0.717) is 30.6 Å². The number of hydrogen-bond donors (Lipinski definition) is 3. The van der Waals surface area contributed by atoms with Crippen molar-refractivity contribution in [3.8, 4) is 22.9 Å². The molecule has 0 aliphatic carbocycles. The van der Waals surface area contributed by atoms with Gasteiger partial charge in [0.15, 0.2) is 23.3 Å². The predicted molar refractivity (Wildman–Crippen MR) is 130 cm³/mol. The lowest BCUT2D eigenvalue weighted by Gasteiger charge is -2.14. The van der Waals surface area contributed by atoms with Crippen LogP contribution in [0.2, 0.25) is 0 Å². The number of guanidine groups is 1. The number of rotatable bonds is 8. The van der Waals surface area contributed by atoms with Gasteiger partial charge in [-0.1, -0.05) is 18.2 Å². The molecule has 3 N–H and O–H groups in total. The van der Waals surface area contributed by atoms with Crippen LogP contribution in [0.4, 0.5) is 5.69 Å². The zero-order valence-corrected chi connectivity index (χ0v) is 19.6. The highest BCUT2D eigenvalue weighted by molar-refractivity contribution is 14.0. The summed E-state index contributed by atoms with van der Waals surface area (Å²) < 4.78 is 11.0. The van der Waals surface area contributed by atoms with Gasteiger partial charge in [-0.05, 0) is 37.6 Å². The smallest absolute Gasteiger partial charge is 0.196 e. The summed E-state index contributed by atoms with van der Waals surface area (Å²) in [6.07, 6.45) is 1.50. The Morgan fingerprint density at radius 1 is 1.13 bits per heavy atom. The molecule has 0 atom stereocenters. The molecule has 0 amide bonds. The van der Waals surface area contributed by atoms with Crippen LogP contribution in [0.25, 0.3) is 11.4 Å². The van der Waals surface area contributed by atoms with Gasteiger partial charge in [0.05, 0.1) is 20.3 Å². The molecule has 160 valence electrons. The van der Waals surface area contributed by atoms with Crippen LogP contribution < -0.4 is 20.1 Å². The average molecular weight is 522 g/mol. The fourth-order valence-corrected chi connectivity index (χ4v) is 2.80. The van der Waals surface area contributed by atoms with Crippen molar-refractivity contribution in [1.29, 1.82) is 0 Å².